The maximum Gasteiger partial charge on any atom is 0.410 e. The lowest BCUT2D eigenvalue weighted by Gasteiger charge is -2.36. The summed E-state index contributed by atoms with van der Waals surface area (Å²) in [7, 11) is 1.20. The number of hydrogen-bond acceptors (Lipinski definition) is 3. The number of fused-ring (bicyclic) bond motifs is 3. The van der Waals surface area contributed by atoms with Crippen molar-refractivity contribution in [2.45, 2.75) is 18.5 Å². The van der Waals surface area contributed by atoms with Crippen LogP contribution in [0.1, 0.15) is 35.2 Å². The number of ether oxygens (including phenoxy) is 1. The van der Waals surface area contributed by atoms with E-state index in [9.17, 15) is 23.5 Å². The predicted molar refractivity (Wildman–Crippen MR) is 109 cm³/mol. The number of hydrogen-bond donors (Lipinski definition) is 1. The fraction of sp³-hybridized carbons (Fsp3) is 0.167. The number of carbonyl (C=O) groups excluding carboxylic acids is 1. The van der Waals surface area contributed by atoms with Crippen molar-refractivity contribution in [3.8, 4) is 11.1 Å². The van der Waals surface area contributed by atoms with Gasteiger partial charge in [0.15, 0.2) is 11.6 Å². The zero-order valence-corrected chi connectivity index (χ0v) is 16.6. The lowest BCUT2D eigenvalue weighted by Crippen LogP contribution is -2.39. The molecule has 158 valence electrons. The summed E-state index contributed by atoms with van der Waals surface area (Å²) in [4.78, 5) is 26.0. The molecule has 3 aromatic rings. The molecule has 5 nitrogen and oxygen atoms in total. The van der Waals surface area contributed by atoms with Gasteiger partial charge >= 0.3 is 12.1 Å². The average molecular weight is 423 g/mol. The van der Waals surface area contributed by atoms with Crippen molar-refractivity contribution < 1.29 is 28.2 Å². The van der Waals surface area contributed by atoms with Gasteiger partial charge in [-0.1, -0.05) is 54.6 Å². The fourth-order valence-corrected chi connectivity index (χ4v) is 4.21. The van der Waals surface area contributed by atoms with Gasteiger partial charge in [0.1, 0.15) is 0 Å². The van der Waals surface area contributed by atoms with Crippen molar-refractivity contribution >= 4 is 12.1 Å². The molecule has 4 rings (SSSR count). The Morgan fingerprint density at radius 3 is 2.06 bits per heavy atom. The highest BCUT2D eigenvalue weighted by atomic mass is 19.2. The number of aliphatic carboxylic acids is 1. The number of rotatable bonds is 5. The van der Waals surface area contributed by atoms with E-state index in [0.29, 0.717) is 0 Å². The Labute approximate surface area is 177 Å². The van der Waals surface area contributed by atoms with Gasteiger partial charge in [-0.15, -0.1) is 0 Å². The lowest BCUT2D eigenvalue weighted by atomic mass is 9.96. The van der Waals surface area contributed by atoms with E-state index in [4.69, 9.17) is 4.74 Å². The van der Waals surface area contributed by atoms with E-state index in [-0.39, 0.29) is 5.56 Å². The second-order valence-corrected chi connectivity index (χ2v) is 7.24. The van der Waals surface area contributed by atoms with Crippen molar-refractivity contribution in [2.24, 2.45) is 0 Å². The number of halogens is 2. The molecule has 1 atom stereocenters. The highest BCUT2D eigenvalue weighted by molar-refractivity contribution is 5.82. The molecule has 0 aliphatic heterocycles. The molecule has 7 heteroatoms. The Morgan fingerprint density at radius 1 is 0.968 bits per heavy atom. The van der Waals surface area contributed by atoms with Gasteiger partial charge < -0.3 is 9.84 Å². The molecule has 1 aliphatic rings. The summed E-state index contributed by atoms with van der Waals surface area (Å²) in [6, 6.07) is 16.4. The van der Waals surface area contributed by atoms with Crippen LogP contribution in [0.5, 0.6) is 0 Å². The number of nitrogens with zero attached hydrogens (tertiary/aromatic N) is 1. The maximum absolute atomic E-state index is 14.0. The summed E-state index contributed by atoms with van der Waals surface area (Å²) < 4.78 is 32.6. The molecule has 1 aliphatic carbocycles. The molecule has 0 fully saturated rings. The van der Waals surface area contributed by atoms with Crippen molar-refractivity contribution in [3.05, 3.63) is 95.1 Å². The SMILES string of the molecule is COC(=O)N(C(CC(=O)O)c1ccc(F)c(F)c1)C1c2ccccc2-c2ccccc21. The quantitative estimate of drug-likeness (QED) is 0.603. The first kappa shape index (κ1) is 20.5. The summed E-state index contributed by atoms with van der Waals surface area (Å²) in [5.41, 5.74) is 3.58. The summed E-state index contributed by atoms with van der Waals surface area (Å²) in [6.45, 7) is 0. The number of methoxy groups -OCH3 is 1. The number of carboxylic acid groups (broad SMARTS) is 1. The molecule has 1 unspecified atom stereocenters. The van der Waals surface area contributed by atoms with Gasteiger partial charge in [-0.05, 0) is 39.9 Å². The van der Waals surface area contributed by atoms with E-state index >= 15 is 0 Å². The van der Waals surface area contributed by atoms with E-state index in [0.717, 1.165) is 34.4 Å². The Kier molecular flexibility index (Phi) is 5.42. The van der Waals surface area contributed by atoms with Crippen LogP contribution in [-0.4, -0.2) is 29.2 Å². The number of carbonyl (C=O) groups is 2. The summed E-state index contributed by atoms with van der Waals surface area (Å²) in [5, 5.41) is 9.56. The van der Waals surface area contributed by atoms with E-state index in [1.807, 2.05) is 48.5 Å². The van der Waals surface area contributed by atoms with Crippen molar-refractivity contribution in [1.82, 2.24) is 4.90 Å². The number of amides is 1. The Morgan fingerprint density at radius 2 is 1.55 bits per heavy atom. The zero-order chi connectivity index (χ0) is 22.1. The summed E-state index contributed by atoms with van der Waals surface area (Å²) in [5.74, 6) is -3.37. The van der Waals surface area contributed by atoms with Gasteiger partial charge in [0.25, 0.3) is 0 Å². The minimum absolute atomic E-state index is 0.161. The van der Waals surface area contributed by atoms with Crippen LogP contribution >= 0.6 is 0 Å². The minimum Gasteiger partial charge on any atom is -0.481 e. The van der Waals surface area contributed by atoms with Crippen molar-refractivity contribution in [2.75, 3.05) is 7.11 Å². The van der Waals surface area contributed by atoms with Gasteiger partial charge in [-0.3, -0.25) is 9.69 Å². The van der Waals surface area contributed by atoms with Crippen LogP contribution in [-0.2, 0) is 9.53 Å². The van der Waals surface area contributed by atoms with Crippen LogP contribution in [0, 0.1) is 11.6 Å². The van der Waals surface area contributed by atoms with E-state index in [1.165, 1.54) is 18.1 Å². The first-order valence-corrected chi connectivity index (χ1v) is 9.63. The number of benzene rings is 3. The molecule has 1 N–H and O–H groups in total. The second kappa shape index (κ2) is 8.18. The molecule has 0 heterocycles. The van der Waals surface area contributed by atoms with Crippen LogP contribution in [0.2, 0.25) is 0 Å². The van der Waals surface area contributed by atoms with Gasteiger partial charge in [-0.25, -0.2) is 13.6 Å². The Hall–Kier alpha value is -3.74. The predicted octanol–water partition coefficient (Wildman–Crippen LogP) is 5.32. The van der Waals surface area contributed by atoms with Crippen LogP contribution in [0.25, 0.3) is 11.1 Å². The van der Waals surface area contributed by atoms with E-state index in [2.05, 4.69) is 0 Å². The topological polar surface area (TPSA) is 66.8 Å². The monoisotopic (exact) mass is 423 g/mol. The molecule has 0 aromatic heterocycles. The summed E-state index contributed by atoms with van der Waals surface area (Å²) in [6.07, 6.45) is -1.28. The minimum atomic E-state index is -1.19. The van der Waals surface area contributed by atoms with E-state index < -0.39 is 42.2 Å². The molecule has 31 heavy (non-hydrogen) atoms. The Bertz CT molecular complexity index is 1120. The first-order chi connectivity index (χ1) is 14.9. The number of carboxylic acids is 1. The van der Waals surface area contributed by atoms with Crippen LogP contribution < -0.4 is 0 Å². The molecule has 0 spiro atoms. The van der Waals surface area contributed by atoms with Gasteiger partial charge in [-0.2, -0.15) is 0 Å². The third kappa shape index (κ3) is 3.63. The second-order valence-electron chi connectivity index (χ2n) is 7.24. The van der Waals surface area contributed by atoms with Gasteiger partial charge in [0, 0.05) is 0 Å². The van der Waals surface area contributed by atoms with Crippen molar-refractivity contribution in [3.63, 3.8) is 0 Å². The van der Waals surface area contributed by atoms with Gasteiger partial charge in [0.2, 0.25) is 0 Å². The Balaban J connectivity index is 1.92. The molecular weight excluding hydrogens is 404 g/mol. The smallest absolute Gasteiger partial charge is 0.410 e. The molecule has 1 amide bonds. The molecule has 3 aromatic carbocycles. The molecular formula is C24H19F2NO4. The third-order valence-corrected chi connectivity index (χ3v) is 5.50. The van der Waals surface area contributed by atoms with Crippen LogP contribution in [0.15, 0.2) is 66.7 Å². The highest BCUT2D eigenvalue weighted by Gasteiger charge is 2.41. The standard InChI is InChI=1S/C24H19F2NO4/c1-31-24(30)27(21(13-22(28)29)14-10-11-19(25)20(26)12-14)23-17-8-4-2-6-15(17)16-7-3-5-9-18(16)23/h2-12,21,23H,13H2,1H3,(H,28,29). The first-order valence-electron chi connectivity index (χ1n) is 9.63. The third-order valence-electron chi connectivity index (χ3n) is 5.50. The van der Waals surface area contributed by atoms with Crippen LogP contribution in [0.4, 0.5) is 13.6 Å². The molecule has 0 radical (unpaired) electrons. The van der Waals surface area contributed by atoms with Crippen molar-refractivity contribution in [1.29, 1.82) is 0 Å². The largest absolute Gasteiger partial charge is 0.481 e. The van der Waals surface area contributed by atoms with E-state index in [1.54, 1.807) is 0 Å². The lowest BCUT2D eigenvalue weighted by molar-refractivity contribution is -0.138. The molecule has 0 saturated heterocycles. The zero-order valence-electron chi connectivity index (χ0n) is 16.6. The molecule has 0 saturated carbocycles. The summed E-state index contributed by atoms with van der Waals surface area (Å²) >= 11 is 0. The fourth-order valence-electron chi connectivity index (χ4n) is 4.21. The average Bonchev–Trinajstić information content (AvgIpc) is 3.09. The molecule has 0 bridgehead atoms. The highest BCUT2D eigenvalue weighted by Crippen LogP contribution is 2.49. The van der Waals surface area contributed by atoms with Gasteiger partial charge in [0.05, 0.1) is 25.6 Å². The normalized spacial score (nSPS) is 13.3. The maximum atomic E-state index is 14.0. The van der Waals surface area contributed by atoms with Crippen LogP contribution in [0.3, 0.4) is 0 Å².